The molecule has 0 unspecified atom stereocenters. The summed E-state index contributed by atoms with van der Waals surface area (Å²) in [6.45, 7) is 4.51. The van der Waals surface area contributed by atoms with Gasteiger partial charge in [-0.15, -0.1) is 10.2 Å². The maximum absolute atomic E-state index is 12.2. The van der Waals surface area contributed by atoms with Gasteiger partial charge in [-0.2, -0.15) is 0 Å². The van der Waals surface area contributed by atoms with Crippen LogP contribution in [-0.4, -0.2) is 28.3 Å². The lowest BCUT2D eigenvalue weighted by atomic mass is 9.99. The topological polar surface area (TPSA) is 87.0 Å². The molecule has 0 amide bonds. The number of aromatic nitrogens is 3. The van der Waals surface area contributed by atoms with E-state index in [1.54, 1.807) is 18.4 Å². The number of H-pyrrole nitrogens is 1. The fourth-order valence-corrected chi connectivity index (χ4v) is 3.27. The summed E-state index contributed by atoms with van der Waals surface area (Å²) in [6, 6.07) is 11.7. The molecule has 0 saturated carbocycles. The van der Waals surface area contributed by atoms with Gasteiger partial charge in [-0.05, 0) is 55.2 Å². The predicted molar refractivity (Wildman–Crippen MR) is 105 cm³/mol. The number of aromatic amines is 1. The van der Waals surface area contributed by atoms with E-state index in [1.807, 2.05) is 12.1 Å². The molecular weight excluding hydrogens is 342 g/mol. The van der Waals surface area contributed by atoms with Crippen molar-refractivity contribution in [1.29, 1.82) is 0 Å². The molecule has 0 radical (unpaired) electrons. The van der Waals surface area contributed by atoms with Crippen molar-refractivity contribution >= 4 is 17.3 Å². The highest BCUT2D eigenvalue weighted by Crippen LogP contribution is 2.24. The van der Waals surface area contributed by atoms with Crippen LogP contribution in [0.15, 0.2) is 51.9 Å². The lowest BCUT2D eigenvalue weighted by molar-refractivity contribution is 0.438. The first-order valence-corrected chi connectivity index (χ1v) is 9.27. The van der Waals surface area contributed by atoms with Gasteiger partial charge in [-0.3, -0.25) is 9.78 Å². The summed E-state index contributed by atoms with van der Waals surface area (Å²) in [5.41, 5.74) is 2.13. The minimum Gasteiger partial charge on any atom is -0.469 e. The van der Waals surface area contributed by atoms with Gasteiger partial charge in [0.1, 0.15) is 11.5 Å². The molecule has 4 rings (SSSR count). The van der Waals surface area contributed by atoms with Crippen molar-refractivity contribution in [3.05, 3.63) is 64.5 Å². The molecule has 0 atom stereocenters. The number of rotatable bonds is 5. The van der Waals surface area contributed by atoms with E-state index in [1.165, 1.54) is 18.5 Å². The van der Waals surface area contributed by atoms with Crippen molar-refractivity contribution in [2.24, 2.45) is 5.92 Å². The van der Waals surface area contributed by atoms with Crippen molar-refractivity contribution in [1.82, 2.24) is 15.2 Å². The Morgan fingerprint density at radius 3 is 2.63 bits per heavy atom. The van der Waals surface area contributed by atoms with E-state index in [4.69, 9.17) is 4.42 Å². The Morgan fingerprint density at radius 1 is 1.19 bits per heavy atom. The average molecular weight is 365 g/mol. The third-order valence-electron chi connectivity index (χ3n) is 4.97. The van der Waals surface area contributed by atoms with E-state index in [9.17, 15) is 4.79 Å². The summed E-state index contributed by atoms with van der Waals surface area (Å²) in [5, 5.41) is 11.2. The maximum atomic E-state index is 12.2. The van der Waals surface area contributed by atoms with E-state index in [0.717, 1.165) is 24.7 Å². The first-order valence-electron chi connectivity index (χ1n) is 9.27. The van der Waals surface area contributed by atoms with Gasteiger partial charge in [0.2, 0.25) is 5.95 Å². The Bertz CT molecular complexity index is 926. The monoisotopic (exact) mass is 365 g/mol. The molecule has 3 aromatic rings. The van der Waals surface area contributed by atoms with Crippen molar-refractivity contribution in [2.75, 3.05) is 23.3 Å². The van der Waals surface area contributed by atoms with Crippen LogP contribution in [0, 0.1) is 5.92 Å². The van der Waals surface area contributed by atoms with Crippen LogP contribution < -0.4 is 15.8 Å². The number of hydrogen-bond acceptors (Lipinski definition) is 6. The zero-order valence-corrected chi connectivity index (χ0v) is 15.3. The van der Waals surface area contributed by atoms with Gasteiger partial charge in [-0.25, -0.2) is 0 Å². The SMILES string of the molecule is CC1CCN(c2ccc(Nc3nnc(Cc4ccco4)c(=O)[nH]3)cc2)CC1. The van der Waals surface area contributed by atoms with Crippen molar-refractivity contribution in [3.8, 4) is 0 Å². The van der Waals surface area contributed by atoms with E-state index in [-0.39, 0.29) is 5.56 Å². The fourth-order valence-electron chi connectivity index (χ4n) is 3.27. The van der Waals surface area contributed by atoms with Gasteiger partial charge in [0.25, 0.3) is 5.56 Å². The van der Waals surface area contributed by atoms with Crippen LogP contribution in [0.4, 0.5) is 17.3 Å². The number of furan rings is 1. The lowest BCUT2D eigenvalue weighted by Gasteiger charge is -2.32. The van der Waals surface area contributed by atoms with Gasteiger partial charge in [-0.1, -0.05) is 6.92 Å². The van der Waals surface area contributed by atoms with Gasteiger partial charge in [0, 0.05) is 24.5 Å². The van der Waals surface area contributed by atoms with Crippen molar-refractivity contribution in [3.63, 3.8) is 0 Å². The molecular formula is C20H23N5O2. The summed E-state index contributed by atoms with van der Waals surface area (Å²) >= 11 is 0. The normalized spacial score (nSPS) is 15.1. The van der Waals surface area contributed by atoms with Crippen LogP contribution >= 0.6 is 0 Å². The number of hydrogen-bond donors (Lipinski definition) is 2. The predicted octanol–water partition coefficient (Wildman–Crippen LogP) is 3.33. The third kappa shape index (κ3) is 4.19. The van der Waals surface area contributed by atoms with Crippen molar-refractivity contribution < 1.29 is 4.42 Å². The molecule has 7 heteroatoms. The Balaban J connectivity index is 1.41. The quantitative estimate of drug-likeness (QED) is 0.721. The van der Waals surface area contributed by atoms with Gasteiger partial charge in [0.05, 0.1) is 12.7 Å². The molecule has 1 fully saturated rings. The zero-order chi connectivity index (χ0) is 18.6. The second-order valence-corrected chi connectivity index (χ2v) is 7.05. The molecule has 3 heterocycles. The summed E-state index contributed by atoms with van der Waals surface area (Å²) in [6.07, 6.45) is 4.36. The van der Waals surface area contributed by atoms with E-state index in [2.05, 4.69) is 44.5 Å². The number of benzene rings is 1. The summed E-state index contributed by atoms with van der Waals surface area (Å²) < 4.78 is 5.25. The van der Waals surface area contributed by atoms with Crippen molar-refractivity contribution in [2.45, 2.75) is 26.2 Å². The summed E-state index contributed by atoms with van der Waals surface area (Å²) in [5.74, 6) is 1.81. The first kappa shape index (κ1) is 17.3. The first-order chi connectivity index (χ1) is 13.2. The second-order valence-electron chi connectivity index (χ2n) is 7.05. The largest absolute Gasteiger partial charge is 0.469 e. The van der Waals surface area contributed by atoms with Crippen LogP contribution in [-0.2, 0) is 6.42 Å². The highest BCUT2D eigenvalue weighted by Gasteiger charge is 2.16. The van der Waals surface area contributed by atoms with Crippen LogP contribution in [0.1, 0.15) is 31.2 Å². The van der Waals surface area contributed by atoms with Crippen LogP contribution in [0.3, 0.4) is 0 Å². The van der Waals surface area contributed by atoms with E-state index < -0.39 is 0 Å². The van der Waals surface area contributed by atoms with E-state index >= 15 is 0 Å². The molecule has 1 aliphatic rings. The molecule has 0 spiro atoms. The molecule has 0 bridgehead atoms. The molecule has 140 valence electrons. The molecule has 1 saturated heterocycles. The summed E-state index contributed by atoms with van der Waals surface area (Å²) in [7, 11) is 0. The fraction of sp³-hybridized carbons (Fsp3) is 0.350. The number of nitrogens with zero attached hydrogens (tertiary/aromatic N) is 3. The van der Waals surface area contributed by atoms with Crippen LogP contribution in [0.25, 0.3) is 0 Å². The Morgan fingerprint density at radius 2 is 1.96 bits per heavy atom. The van der Waals surface area contributed by atoms with Crippen LogP contribution in [0.2, 0.25) is 0 Å². The minimum absolute atomic E-state index is 0.275. The number of anilines is 3. The zero-order valence-electron chi connectivity index (χ0n) is 15.3. The van der Waals surface area contributed by atoms with Gasteiger partial charge >= 0.3 is 0 Å². The molecule has 2 N–H and O–H groups in total. The molecule has 2 aromatic heterocycles. The molecule has 7 nitrogen and oxygen atoms in total. The van der Waals surface area contributed by atoms with Gasteiger partial charge < -0.3 is 14.6 Å². The Kier molecular flexibility index (Phi) is 4.91. The average Bonchev–Trinajstić information content (AvgIpc) is 3.19. The molecule has 1 aromatic carbocycles. The molecule has 1 aliphatic heterocycles. The minimum atomic E-state index is -0.275. The number of piperidine rings is 1. The highest BCUT2D eigenvalue weighted by atomic mass is 16.3. The second kappa shape index (κ2) is 7.65. The maximum Gasteiger partial charge on any atom is 0.274 e. The van der Waals surface area contributed by atoms with E-state index in [0.29, 0.717) is 23.8 Å². The Labute approximate surface area is 157 Å². The Hall–Kier alpha value is -3.09. The molecule has 27 heavy (non-hydrogen) atoms. The lowest BCUT2D eigenvalue weighted by Crippen LogP contribution is -2.32. The smallest absolute Gasteiger partial charge is 0.274 e. The highest BCUT2D eigenvalue weighted by molar-refractivity contribution is 5.59. The number of nitrogens with one attached hydrogen (secondary N) is 2. The third-order valence-corrected chi connectivity index (χ3v) is 4.97. The van der Waals surface area contributed by atoms with Gasteiger partial charge in [0.15, 0.2) is 0 Å². The standard InChI is InChI=1S/C20H23N5O2/c1-14-8-10-25(11-9-14)16-6-4-15(5-7-16)21-20-22-19(26)18(23-24-20)13-17-3-2-12-27-17/h2-7,12,14H,8-11,13H2,1H3,(H2,21,22,24,26). The molecule has 0 aliphatic carbocycles. The van der Waals surface area contributed by atoms with Crippen LogP contribution in [0.5, 0.6) is 0 Å². The summed E-state index contributed by atoms with van der Waals surface area (Å²) in [4.78, 5) is 17.3.